The molecule has 0 radical (unpaired) electrons. The van der Waals surface area contributed by atoms with Crippen LogP contribution in [0.4, 0.5) is 14.5 Å². The fraction of sp³-hybridized carbons (Fsp3) is 0.0952. The third kappa shape index (κ3) is 3.58. The first-order valence-electron chi connectivity index (χ1n) is 8.79. The molecule has 4 rings (SSSR count). The summed E-state index contributed by atoms with van der Waals surface area (Å²) in [6.45, 7) is -0.337. The number of sulfonamides is 1. The number of rotatable bonds is 4. The average molecular weight is 414 g/mol. The lowest BCUT2D eigenvalue weighted by Crippen LogP contribution is -2.42. The standard InChI is InChI=1S/C21H16F2N2O3S/c22-15-7-5-14(6-8-15)12-24-21(26)13-25-19-10-9-16(23)11-18(19)17-3-1-2-4-20(17)29(25,27)28/h1-11H,12-13H2,(H,24,26). The second-order valence-electron chi connectivity index (χ2n) is 6.57. The number of carbonyl (C=O) groups excluding carboxylic acids is 1. The van der Waals surface area contributed by atoms with Gasteiger partial charge in [-0.05, 0) is 42.0 Å². The van der Waals surface area contributed by atoms with E-state index in [-0.39, 0.29) is 22.9 Å². The first-order valence-corrected chi connectivity index (χ1v) is 10.2. The predicted molar refractivity (Wildman–Crippen MR) is 105 cm³/mol. The number of amides is 1. The van der Waals surface area contributed by atoms with E-state index in [1.807, 2.05) is 0 Å². The minimum atomic E-state index is -3.99. The Balaban J connectivity index is 1.63. The lowest BCUT2D eigenvalue weighted by Gasteiger charge is -2.31. The first-order chi connectivity index (χ1) is 13.9. The van der Waals surface area contributed by atoms with Gasteiger partial charge < -0.3 is 5.32 Å². The van der Waals surface area contributed by atoms with Crippen molar-refractivity contribution in [2.45, 2.75) is 11.4 Å². The number of nitrogens with zero attached hydrogens (tertiary/aromatic N) is 1. The quantitative estimate of drug-likeness (QED) is 0.711. The van der Waals surface area contributed by atoms with Crippen LogP contribution in [0.25, 0.3) is 11.1 Å². The van der Waals surface area contributed by atoms with Crippen LogP contribution in [0, 0.1) is 11.6 Å². The van der Waals surface area contributed by atoms with Crippen molar-refractivity contribution >= 4 is 21.6 Å². The van der Waals surface area contributed by atoms with Gasteiger partial charge in [0, 0.05) is 17.7 Å². The molecule has 0 spiro atoms. The second kappa shape index (κ2) is 7.29. The van der Waals surface area contributed by atoms with Crippen LogP contribution in [-0.2, 0) is 21.4 Å². The van der Waals surface area contributed by atoms with E-state index in [2.05, 4.69) is 5.32 Å². The van der Waals surface area contributed by atoms with Crippen molar-refractivity contribution in [2.24, 2.45) is 0 Å². The van der Waals surface area contributed by atoms with Gasteiger partial charge in [0.2, 0.25) is 5.91 Å². The number of benzene rings is 3. The third-order valence-corrected chi connectivity index (χ3v) is 6.48. The van der Waals surface area contributed by atoms with Gasteiger partial charge in [0.05, 0.1) is 10.6 Å². The van der Waals surface area contributed by atoms with Crippen molar-refractivity contribution < 1.29 is 22.0 Å². The molecule has 0 saturated carbocycles. The summed E-state index contributed by atoms with van der Waals surface area (Å²) in [5, 5.41) is 2.63. The number of anilines is 1. The van der Waals surface area contributed by atoms with Crippen LogP contribution < -0.4 is 9.62 Å². The van der Waals surface area contributed by atoms with Crippen LogP contribution >= 0.6 is 0 Å². The van der Waals surface area contributed by atoms with E-state index >= 15 is 0 Å². The number of fused-ring (bicyclic) bond motifs is 3. The zero-order valence-electron chi connectivity index (χ0n) is 15.1. The molecule has 1 aliphatic heterocycles. The SMILES string of the molecule is O=C(CN1c2ccc(F)cc2-c2ccccc2S1(=O)=O)NCc1ccc(F)cc1. The molecule has 0 saturated heterocycles. The molecule has 0 unspecified atom stereocenters. The summed E-state index contributed by atoms with van der Waals surface area (Å²) in [6.07, 6.45) is 0. The monoisotopic (exact) mass is 414 g/mol. The highest BCUT2D eigenvalue weighted by Crippen LogP contribution is 2.42. The highest BCUT2D eigenvalue weighted by atomic mass is 32.2. The molecule has 1 N–H and O–H groups in total. The zero-order chi connectivity index (χ0) is 20.6. The average Bonchev–Trinajstić information content (AvgIpc) is 2.71. The number of carbonyl (C=O) groups is 1. The van der Waals surface area contributed by atoms with Crippen LogP contribution in [0.3, 0.4) is 0 Å². The maximum Gasteiger partial charge on any atom is 0.265 e. The van der Waals surface area contributed by atoms with Gasteiger partial charge in [0.15, 0.2) is 0 Å². The Labute approximate surface area is 166 Å². The van der Waals surface area contributed by atoms with Gasteiger partial charge in [-0.15, -0.1) is 0 Å². The van der Waals surface area contributed by atoms with E-state index in [0.717, 1.165) is 10.4 Å². The molecule has 5 nitrogen and oxygen atoms in total. The summed E-state index contributed by atoms with van der Waals surface area (Å²) >= 11 is 0. The molecule has 0 atom stereocenters. The van der Waals surface area contributed by atoms with Gasteiger partial charge >= 0.3 is 0 Å². The molecule has 3 aromatic rings. The molecule has 3 aromatic carbocycles. The summed E-state index contributed by atoms with van der Waals surface area (Å²) in [6, 6.07) is 15.7. The molecular weight excluding hydrogens is 398 g/mol. The molecule has 1 aliphatic rings. The summed E-state index contributed by atoms with van der Waals surface area (Å²) in [5.74, 6) is -1.42. The molecule has 1 heterocycles. The largest absolute Gasteiger partial charge is 0.350 e. The van der Waals surface area contributed by atoms with E-state index in [9.17, 15) is 22.0 Å². The Morgan fingerprint density at radius 2 is 1.59 bits per heavy atom. The Kier molecular flexibility index (Phi) is 4.79. The van der Waals surface area contributed by atoms with E-state index < -0.39 is 28.3 Å². The zero-order valence-corrected chi connectivity index (χ0v) is 15.9. The van der Waals surface area contributed by atoms with Crippen LogP contribution in [0.5, 0.6) is 0 Å². The summed E-state index contributed by atoms with van der Waals surface area (Å²) in [5.41, 5.74) is 1.71. The van der Waals surface area contributed by atoms with E-state index in [0.29, 0.717) is 16.7 Å². The third-order valence-electron chi connectivity index (χ3n) is 4.66. The number of halogens is 2. The van der Waals surface area contributed by atoms with Crippen LogP contribution in [0.15, 0.2) is 71.6 Å². The Morgan fingerprint density at radius 3 is 2.34 bits per heavy atom. The van der Waals surface area contributed by atoms with Gasteiger partial charge in [0.25, 0.3) is 10.0 Å². The summed E-state index contributed by atoms with van der Waals surface area (Å²) < 4.78 is 54.0. The molecule has 0 fully saturated rings. The highest BCUT2D eigenvalue weighted by molar-refractivity contribution is 7.93. The molecule has 0 aromatic heterocycles. The maximum atomic E-state index is 13.8. The second-order valence-corrected chi connectivity index (χ2v) is 8.40. The molecule has 1 amide bonds. The molecule has 0 aliphatic carbocycles. The molecule has 0 bridgehead atoms. The maximum absolute atomic E-state index is 13.8. The predicted octanol–water partition coefficient (Wildman–Crippen LogP) is 3.46. The van der Waals surface area contributed by atoms with Gasteiger partial charge in [-0.2, -0.15) is 0 Å². The lowest BCUT2D eigenvalue weighted by atomic mass is 10.0. The Morgan fingerprint density at radius 1 is 0.897 bits per heavy atom. The van der Waals surface area contributed by atoms with Gasteiger partial charge in [-0.1, -0.05) is 30.3 Å². The normalized spacial score (nSPS) is 14.1. The van der Waals surface area contributed by atoms with Crippen molar-refractivity contribution in [3.05, 3.63) is 83.9 Å². The van der Waals surface area contributed by atoms with Crippen LogP contribution in [0.2, 0.25) is 0 Å². The Bertz CT molecular complexity index is 1190. The van der Waals surface area contributed by atoms with Gasteiger partial charge in [-0.25, -0.2) is 17.2 Å². The van der Waals surface area contributed by atoms with E-state index in [1.165, 1.54) is 42.5 Å². The first kappa shape index (κ1) is 19.1. The van der Waals surface area contributed by atoms with Crippen molar-refractivity contribution in [3.8, 4) is 11.1 Å². The minimum Gasteiger partial charge on any atom is -0.350 e. The summed E-state index contributed by atoms with van der Waals surface area (Å²) in [4.78, 5) is 12.5. The van der Waals surface area contributed by atoms with Gasteiger partial charge in [-0.3, -0.25) is 9.10 Å². The van der Waals surface area contributed by atoms with Crippen molar-refractivity contribution in [2.75, 3.05) is 10.8 Å². The fourth-order valence-corrected chi connectivity index (χ4v) is 4.91. The topological polar surface area (TPSA) is 66.5 Å². The van der Waals surface area contributed by atoms with E-state index in [4.69, 9.17) is 0 Å². The van der Waals surface area contributed by atoms with Crippen molar-refractivity contribution in [3.63, 3.8) is 0 Å². The highest BCUT2D eigenvalue weighted by Gasteiger charge is 2.35. The van der Waals surface area contributed by atoms with E-state index in [1.54, 1.807) is 18.2 Å². The van der Waals surface area contributed by atoms with Gasteiger partial charge in [0.1, 0.15) is 18.2 Å². The fourth-order valence-electron chi connectivity index (χ4n) is 3.26. The molecule has 148 valence electrons. The van der Waals surface area contributed by atoms with Crippen LogP contribution in [-0.4, -0.2) is 20.9 Å². The smallest absolute Gasteiger partial charge is 0.265 e. The number of hydrogen-bond donors (Lipinski definition) is 1. The molecule has 8 heteroatoms. The minimum absolute atomic E-state index is 0.0180. The molecule has 29 heavy (non-hydrogen) atoms. The molecular formula is C21H16F2N2O3S. The number of nitrogens with one attached hydrogen (secondary N) is 1. The summed E-state index contributed by atoms with van der Waals surface area (Å²) in [7, 11) is -3.99. The lowest BCUT2D eigenvalue weighted by molar-refractivity contribution is -0.119. The van der Waals surface area contributed by atoms with Crippen molar-refractivity contribution in [1.82, 2.24) is 5.32 Å². The Hall–Kier alpha value is -3.26. The van der Waals surface area contributed by atoms with Crippen LogP contribution in [0.1, 0.15) is 5.56 Å². The number of hydrogen-bond acceptors (Lipinski definition) is 3. The van der Waals surface area contributed by atoms with Crippen molar-refractivity contribution in [1.29, 1.82) is 0 Å².